The van der Waals surface area contributed by atoms with Crippen molar-refractivity contribution >= 4 is 0 Å². The van der Waals surface area contributed by atoms with Gasteiger partial charge >= 0.3 is 0 Å². The molecule has 0 atom stereocenters. The second-order valence-corrected chi connectivity index (χ2v) is 4.10. The summed E-state index contributed by atoms with van der Waals surface area (Å²) in [6, 6.07) is 7.40. The Kier molecular flexibility index (Phi) is 6.62. The summed E-state index contributed by atoms with van der Waals surface area (Å²) in [6.07, 6.45) is 0. The second-order valence-electron chi connectivity index (χ2n) is 4.10. The number of likely N-dealkylation sites (N-methyl/N-ethyl adjacent to an activating group) is 1. The number of hydrogen-bond acceptors (Lipinski definition) is 4. The topological polar surface area (TPSA) is 44.7 Å². The fourth-order valence-corrected chi connectivity index (χ4v) is 1.51. The van der Waals surface area contributed by atoms with Crippen LogP contribution in [-0.4, -0.2) is 50.4 Å². The Labute approximate surface area is 103 Å². The highest BCUT2D eigenvalue weighted by Gasteiger charge is 2.00. The van der Waals surface area contributed by atoms with E-state index in [1.165, 1.54) is 0 Å². The Bertz CT molecular complexity index is 318. The highest BCUT2D eigenvalue weighted by atomic mass is 16.5. The molecular formula is C13H22N2O2. The molecule has 0 aliphatic carbocycles. The van der Waals surface area contributed by atoms with E-state index >= 15 is 0 Å². The van der Waals surface area contributed by atoms with Crippen LogP contribution in [0.5, 0.6) is 5.75 Å². The molecule has 4 nitrogen and oxygen atoms in total. The summed E-state index contributed by atoms with van der Waals surface area (Å²) >= 11 is 0. The number of ether oxygens (including phenoxy) is 1. The van der Waals surface area contributed by atoms with Gasteiger partial charge in [0.05, 0.1) is 6.61 Å². The minimum absolute atomic E-state index is 0.354. The van der Waals surface area contributed by atoms with Gasteiger partial charge in [0.2, 0.25) is 0 Å². The molecule has 0 aliphatic heterocycles. The van der Waals surface area contributed by atoms with Crippen LogP contribution in [0.1, 0.15) is 5.56 Å². The largest absolute Gasteiger partial charge is 0.508 e. The molecule has 4 heteroatoms. The lowest BCUT2D eigenvalue weighted by Gasteiger charge is -2.16. The maximum Gasteiger partial charge on any atom is 0.120 e. The molecule has 0 aliphatic rings. The van der Waals surface area contributed by atoms with Gasteiger partial charge in [0, 0.05) is 38.9 Å². The molecule has 0 aromatic heterocycles. The van der Waals surface area contributed by atoms with Crippen molar-refractivity contribution < 1.29 is 9.84 Å². The first-order valence-electron chi connectivity index (χ1n) is 5.89. The Morgan fingerprint density at radius 1 is 1.29 bits per heavy atom. The quantitative estimate of drug-likeness (QED) is 0.665. The van der Waals surface area contributed by atoms with Crippen LogP contribution < -0.4 is 5.32 Å². The second kappa shape index (κ2) is 8.06. The van der Waals surface area contributed by atoms with Gasteiger partial charge < -0.3 is 20.1 Å². The average Bonchev–Trinajstić information content (AvgIpc) is 2.34. The van der Waals surface area contributed by atoms with Crippen LogP contribution in [0.25, 0.3) is 0 Å². The maximum atomic E-state index is 9.57. The minimum Gasteiger partial charge on any atom is -0.508 e. The van der Waals surface area contributed by atoms with Gasteiger partial charge in [-0.05, 0) is 13.1 Å². The lowest BCUT2D eigenvalue weighted by molar-refractivity contribution is 0.161. The van der Waals surface area contributed by atoms with E-state index in [-0.39, 0.29) is 0 Å². The molecule has 2 N–H and O–H groups in total. The van der Waals surface area contributed by atoms with Crippen molar-refractivity contribution in [3.05, 3.63) is 29.8 Å². The highest BCUT2D eigenvalue weighted by molar-refractivity contribution is 5.31. The van der Waals surface area contributed by atoms with E-state index in [1.54, 1.807) is 13.2 Å². The molecule has 1 aromatic rings. The number of methoxy groups -OCH3 is 1. The summed E-state index contributed by atoms with van der Waals surface area (Å²) in [5, 5.41) is 12.9. The molecule has 0 fully saturated rings. The van der Waals surface area contributed by atoms with Gasteiger partial charge in [-0.3, -0.25) is 0 Å². The molecular weight excluding hydrogens is 216 g/mol. The summed E-state index contributed by atoms with van der Waals surface area (Å²) in [6.45, 7) is 4.26. The molecule has 0 saturated carbocycles. The predicted octanol–water partition coefficient (Wildman–Crippen LogP) is 1.06. The fourth-order valence-electron chi connectivity index (χ4n) is 1.51. The summed E-state index contributed by atoms with van der Waals surface area (Å²) in [4.78, 5) is 2.21. The first-order chi connectivity index (χ1) is 8.24. The zero-order chi connectivity index (χ0) is 12.5. The van der Waals surface area contributed by atoms with Gasteiger partial charge in [-0.15, -0.1) is 0 Å². The van der Waals surface area contributed by atoms with E-state index in [0.717, 1.165) is 31.8 Å². The van der Waals surface area contributed by atoms with Crippen LogP contribution in [0.4, 0.5) is 0 Å². The van der Waals surface area contributed by atoms with E-state index in [9.17, 15) is 5.11 Å². The molecule has 0 heterocycles. The van der Waals surface area contributed by atoms with Crippen LogP contribution in [-0.2, 0) is 11.3 Å². The van der Waals surface area contributed by atoms with Crippen LogP contribution in [0.2, 0.25) is 0 Å². The number of phenols is 1. The Hall–Kier alpha value is -1.10. The highest BCUT2D eigenvalue weighted by Crippen LogP contribution is 2.14. The first-order valence-corrected chi connectivity index (χ1v) is 5.89. The van der Waals surface area contributed by atoms with Crippen LogP contribution >= 0.6 is 0 Å². The fraction of sp³-hybridized carbons (Fsp3) is 0.538. The van der Waals surface area contributed by atoms with Gasteiger partial charge in [0.25, 0.3) is 0 Å². The Morgan fingerprint density at radius 3 is 2.76 bits per heavy atom. The number of benzene rings is 1. The van der Waals surface area contributed by atoms with Crippen molar-refractivity contribution in [2.75, 3.05) is 40.4 Å². The third-order valence-corrected chi connectivity index (χ3v) is 2.65. The number of phenolic OH excluding ortho intramolecular Hbond substituents is 1. The Balaban J connectivity index is 2.14. The molecule has 0 radical (unpaired) electrons. The first kappa shape index (κ1) is 14.0. The molecule has 0 bridgehead atoms. The SMILES string of the molecule is COCCN(C)CCNCc1ccccc1O. The normalized spacial score (nSPS) is 11.0. The van der Waals surface area contributed by atoms with E-state index in [1.807, 2.05) is 18.2 Å². The van der Waals surface area contributed by atoms with Crippen molar-refractivity contribution in [1.29, 1.82) is 0 Å². The third-order valence-electron chi connectivity index (χ3n) is 2.65. The van der Waals surface area contributed by atoms with Gasteiger partial charge in [0.1, 0.15) is 5.75 Å². The van der Waals surface area contributed by atoms with Crippen molar-refractivity contribution in [3.8, 4) is 5.75 Å². The zero-order valence-electron chi connectivity index (χ0n) is 10.6. The van der Waals surface area contributed by atoms with Crippen molar-refractivity contribution in [2.45, 2.75) is 6.54 Å². The average molecular weight is 238 g/mol. The van der Waals surface area contributed by atoms with E-state index < -0.39 is 0 Å². The summed E-state index contributed by atoms with van der Waals surface area (Å²) in [7, 11) is 3.78. The van der Waals surface area contributed by atoms with Crippen molar-refractivity contribution in [2.24, 2.45) is 0 Å². The van der Waals surface area contributed by atoms with Crippen molar-refractivity contribution in [3.63, 3.8) is 0 Å². The van der Waals surface area contributed by atoms with Crippen LogP contribution in [0, 0.1) is 0 Å². The number of nitrogens with one attached hydrogen (secondary N) is 1. The number of rotatable bonds is 8. The lowest BCUT2D eigenvalue weighted by atomic mass is 10.2. The van der Waals surface area contributed by atoms with E-state index in [2.05, 4.69) is 17.3 Å². The van der Waals surface area contributed by atoms with Gasteiger partial charge in [-0.1, -0.05) is 18.2 Å². The van der Waals surface area contributed by atoms with Gasteiger partial charge in [-0.2, -0.15) is 0 Å². The molecule has 0 amide bonds. The summed E-state index contributed by atoms with van der Waals surface area (Å²) in [5.41, 5.74) is 0.937. The van der Waals surface area contributed by atoms with Crippen LogP contribution in [0.15, 0.2) is 24.3 Å². The third kappa shape index (κ3) is 5.68. The number of hydrogen-bond donors (Lipinski definition) is 2. The predicted molar refractivity (Wildman–Crippen MR) is 69.2 cm³/mol. The number of aromatic hydroxyl groups is 1. The summed E-state index contributed by atoms with van der Waals surface area (Å²) in [5.74, 6) is 0.354. The molecule has 0 saturated heterocycles. The zero-order valence-corrected chi connectivity index (χ0v) is 10.6. The lowest BCUT2D eigenvalue weighted by Crippen LogP contribution is -2.31. The van der Waals surface area contributed by atoms with E-state index in [4.69, 9.17) is 4.74 Å². The molecule has 0 spiro atoms. The standard InChI is InChI=1S/C13H22N2O2/c1-15(9-10-17-2)8-7-14-11-12-5-3-4-6-13(12)16/h3-6,14,16H,7-11H2,1-2H3. The van der Waals surface area contributed by atoms with Crippen LogP contribution in [0.3, 0.4) is 0 Å². The smallest absolute Gasteiger partial charge is 0.120 e. The molecule has 96 valence electrons. The molecule has 1 rings (SSSR count). The monoisotopic (exact) mass is 238 g/mol. The maximum absolute atomic E-state index is 9.57. The minimum atomic E-state index is 0.354. The Morgan fingerprint density at radius 2 is 2.06 bits per heavy atom. The number of para-hydroxylation sites is 1. The molecule has 1 aromatic carbocycles. The molecule has 0 unspecified atom stereocenters. The number of nitrogens with zero attached hydrogens (tertiary/aromatic N) is 1. The van der Waals surface area contributed by atoms with Gasteiger partial charge in [0.15, 0.2) is 0 Å². The van der Waals surface area contributed by atoms with Crippen molar-refractivity contribution in [1.82, 2.24) is 10.2 Å². The molecule has 17 heavy (non-hydrogen) atoms. The van der Waals surface area contributed by atoms with E-state index in [0.29, 0.717) is 12.3 Å². The van der Waals surface area contributed by atoms with Gasteiger partial charge in [-0.25, -0.2) is 0 Å². The summed E-state index contributed by atoms with van der Waals surface area (Å²) < 4.78 is 5.01.